The van der Waals surface area contributed by atoms with E-state index in [1.165, 1.54) is 24.0 Å². The summed E-state index contributed by atoms with van der Waals surface area (Å²) in [6.45, 7) is 2.13. The number of aryl methyl sites for hydroxylation is 2. The van der Waals surface area contributed by atoms with Crippen molar-refractivity contribution in [2.24, 2.45) is 0 Å². The van der Waals surface area contributed by atoms with Gasteiger partial charge in [0.2, 0.25) is 0 Å². The van der Waals surface area contributed by atoms with Gasteiger partial charge in [0.05, 0.1) is 7.11 Å². The lowest BCUT2D eigenvalue weighted by atomic mass is 10.0. The van der Waals surface area contributed by atoms with E-state index in [0.29, 0.717) is 6.10 Å². The molecule has 0 unspecified atom stereocenters. The minimum atomic E-state index is 0.360. The summed E-state index contributed by atoms with van der Waals surface area (Å²) < 4.78 is 11.6. The predicted octanol–water partition coefficient (Wildman–Crippen LogP) is 4.39. The zero-order valence-electron chi connectivity index (χ0n) is 15.2. The Kier molecular flexibility index (Phi) is 6.75. The van der Waals surface area contributed by atoms with Crippen molar-refractivity contribution in [1.29, 1.82) is 0 Å². The maximum absolute atomic E-state index is 6.28. The lowest BCUT2D eigenvalue weighted by Crippen LogP contribution is -2.34. The van der Waals surface area contributed by atoms with Gasteiger partial charge in [0.1, 0.15) is 17.6 Å². The molecule has 0 amide bonds. The second kappa shape index (κ2) is 9.47. The van der Waals surface area contributed by atoms with Crippen LogP contribution < -0.4 is 14.8 Å². The molecule has 1 aliphatic heterocycles. The summed E-state index contributed by atoms with van der Waals surface area (Å²) >= 11 is 0. The van der Waals surface area contributed by atoms with Crippen LogP contribution in [0.3, 0.4) is 0 Å². The lowest BCUT2D eigenvalue weighted by Gasteiger charge is -2.25. The van der Waals surface area contributed by atoms with Gasteiger partial charge in [-0.05, 0) is 80.9 Å². The minimum absolute atomic E-state index is 0.360. The van der Waals surface area contributed by atoms with Crippen molar-refractivity contribution in [3.8, 4) is 11.5 Å². The van der Waals surface area contributed by atoms with Crippen molar-refractivity contribution in [1.82, 2.24) is 5.32 Å². The first kappa shape index (κ1) is 17.8. The molecule has 1 saturated heterocycles. The molecule has 25 heavy (non-hydrogen) atoms. The van der Waals surface area contributed by atoms with Crippen LogP contribution in [-0.4, -0.2) is 26.3 Å². The molecule has 0 saturated carbocycles. The molecule has 1 fully saturated rings. The number of piperidine rings is 1. The number of methoxy groups -OCH3 is 1. The summed E-state index contributed by atoms with van der Waals surface area (Å²) in [6, 6.07) is 16.9. The molecule has 3 rings (SSSR count). The molecule has 0 spiro atoms. The van der Waals surface area contributed by atoms with Crippen molar-refractivity contribution in [2.45, 2.75) is 44.6 Å². The SMILES string of the molecule is COc1cccc(CCCCc2ccccc2OC2CCNCC2)c1. The van der Waals surface area contributed by atoms with Crippen molar-refractivity contribution in [2.75, 3.05) is 20.2 Å². The molecule has 3 heteroatoms. The van der Waals surface area contributed by atoms with Crippen molar-refractivity contribution in [3.05, 3.63) is 59.7 Å². The molecule has 134 valence electrons. The summed E-state index contributed by atoms with van der Waals surface area (Å²) in [5.41, 5.74) is 2.69. The minimum Gasteiger partial charge on any atom is -0.497 e. The van der Waals surface area contributed by atoms with E-state index in [4.69, 9.17) is 9.47 Å². The van der Waals surface area contributed by atoms with Gasteiger partial charge in [-0.2, -0.15) is 0 Å². The van der Waals surface area contributed by atoms with Crippen molar-refractivity contribution in [3.63, 3.8) is 0 Å². The fourth-order valence-corrected chi connectivity index (χ4v) is 3.39. The fraction of sp³-hybridized carbons (Fsp3) is 0.455. The third kappa shape index (κ3) is 5.50. The largest absolute Gasteiger partial charge is 0.497 e. The van der Waals surface area contributed by atoms with Gasteiger partial charge in [-0.1, -0.05) is 30.3 Å². The zero-order valence-corrected chi connectivity index (χ0v) is 15.2. The number of hydrogen-bond donors (Lipinski definition) is 1. The highest BCUT2D eigenvalue weighted by molar-refractivity contribution is 5.33. The molecular weight excluding hydrogens is 310 g/mol. The van der Waals surface area contributed by atoms with Crippen LogP contribution in [0.5, 0.6) is 11.5 Å². The van der Waals surface area contributed by atoms with Gasteiger partial charge in [0.15, 0.2) is 0 Å². The third-order valence-corrected chi connectivity index (χ3v) is 4.85. The zero-order chi connectivity index (χ0) is 17.3. The number of nitrogens with one attached hydrogen (secondary N) is 1. The van der Waals surface area contributed by atoms with Crippen molar-refractivity contribution >= 4 is 0 Å². The van der Waals surface area contributed by atoms with E-state index < -0.39 is 0 Å². The van der Waals surface area contributed by atoms with E-state index in [0.717, 1.165) is 50.3 Å². The predicted molar refractivity (Wildman–Crippen MR) is 103 cm³/mol. The summed E-state index contributed by atoms with van der Waals surface area (Å²) in [6.07, 6.45) is 7.08. The summed E-state index contributed by atoms with van der Waals surface area (Å²) in [5.74, 6) is 2.02. The Labute approximate surface area is 151 Å². The first-order chi connectivity index (χ1) is 12.3. The molecule has 1 aliphatic rings. The monoisotopic (exact) mass is 339 g/mol. The molecular formula is C22H29NO2. The summed E-state index contributed by atoms with van der Waals surface area (Å²) in [7, 11) is 1.72. The first-order valence-corrected chi connectivity index (χ1v) is 9.43. The number of hydrogen-bond acceptors (Lipinski definition) is 3. The molecule has 0 aliphatic carbocycles. The van der Waals surface area contributed by atoms with Crippen LogP contribution in [0.25, 0.3) is 0 Å². The Balaban J connectivity index is 1.49. The van der Waals surface area contributed by atoms with Gasteiger partial charge in [0.25, 0.3) is 0 Å². The van der Waals surface area contributed by atoms with Crippen LogP contribution in [-0.2, 0) is 12.8 Å². The van der Waals surface area contributed by atoms with E-state index in [-0.39, 0.29) is 0 Å². The molecule has 1 heterocycles. The average molecular weight is 339 g/mol. The van der Waals surface area contributed by atoms with Crippen LogP contribution in [0.2, 0.25) is 0 Å². The van der Waals surface area contributed by atoms with Crippen molar-refractivity contribution < 1.29 is 9.47 Å². The highest BCUT2D eigenvalue weighted by Gasteiger charge is 2.15. The standard InChI is InChI=1S/C22H29NO2/c1-24-21-11-6-8-18(17-21)7-2-3-9-19-10-4-5-12-22(19)25-20-13-15-23-16-14-20/h4-6,8,10-12,17,20,23H,2-3,7,9,13-16H2,1H3. The van der Waals surface area contributed by atoms with E-state index in [1.807, 2.05) is 6.07 Å². The molecule has 2 aromatic carbocycles. The third-order valence-electron chi connectivity index (χ3n) is 4.85. The summed E-state index contributed by atoms with van der Waals surface area (Å²) in [4.78, 5) is 0. The Bertz CT molecular complexity index is 650. The molecule has 0 aromatic heterocycles. The molecule has 1 N–H and O–H groups in total. The van der Waals surface area contributed by atoms with E-state index in [1.54, 1.807) is 7.11 Å². The van der Waals surface area contributed by atoms with Crippen LogP contribution >= 0.6 is 0 Å². The molecule has 3 nitrogen and oxygen atoms in total. The van der Waals surface area contributed by atoms with E-state index in [2.05, 4.69) is 47.8 Å². The van der Waals surface area contributed by atoms with Crippen LogP contribution in [0.4, 0.5) is 0 Å². The van der Waals surface area contributed by atoms with E-state index >= 15 is 0 Å². The Morgan fingerprint density at radius 2 is 1.76 bits per heavy atom. The van der Waals surface area contributed by atoms with Gasteiger partial charge in [-0.15, -0.1) is 0 Å². The smallest absolute Gasteiger partial charge is 0.122 e. The Hall–Kier alpha value is -2.00. The van der Waals surface area contributed by atoms with Gasteiger partial charge in [-0.25, -0.2) is 0 Å². The van der Waals surface area contributed by atoms with Gasteiger partial charge in [-0.3, -0.25) is 0 Å². The highest BCUT2D eigenvalue weighted by Crippen LogP contribution is 2.24. The quantitative estimate of drug-likeness (QED) is 0.724. The molecule has 0 atom stereocenters. The number of unbranched alkanes of at least 4 members (excludes halogenated alkanes) is 1. The number of ether oxygens (including phenoxy) is 2. The molecule has 2 aromatic rings. The topological polar surface area (TPSA) is 30.5 Å². The first-order valence-electron chi connectivity index (χ1n) is 9.43. The second-order valence-electron chi connectivity index (χ2n) is 6.73. The Morgan fingerprint density at radius 3 is 2.60 bits per heavy atom. The van der Waals surface area contributed by atoms with Crippen LogP contribution in [0, 0.1) is 0 Å². The molecule has 0 radical (unpaired) electrons. The number of para-hydroxylation sites is 1. The Morgan fingerprint density at radius 1 is 0.960 bits per heavy atom. The van der Waals surface area contributed by atoms with Crippen LogP contribution in [0.15, 0.2) is 48.5 Å². The second-order valence-corrected chi connectivity index (χ2v) is 6.73. The average Bonchev–Trinajstić information content (AvgIpc) is 2.67. The van der Waals surface area contributed by atoms with Gasteiger partial charge in [0, 0.05) is 0 Å². The fourth-order valence-electron chi connectivity index (χ4n) is 3.39. The van der Waals surface area contributed by atoms with E-state index in [9.17, 15) is 0 Å². The normalized spacial score (nSPS) is 15.1. The maximum Gasteiger partial charge on any atom is 0.122 e. The number of rotatable bonds is 8. The highest BCUT2D eigenvalue weighted by atomic mass is 16.5. The summed E-state index contributed by atoms with van der Waals surface area (Å²) in [5, 5.41) is 3.39. The lowest BCUT2D eigenvalue weighted by molar-refractivity contribution is 0.161. The molecule has 0 bridgehead atoms. The van der Waals surface area contributed by atoms with Gasteiger partial charge < -0.3 is 14.8 Å². The maximum atomic E-state index is 6.28. The van der Waals surface area contributed by atoms with Gasteiger partial charge >= 0.3 is 0 Å². The van der Waals surface area contributed by atoms with Crippen LogP contribution in [0.1, 0.15) is 36.8 Å². The number of benzene rings is 2.